The van der Waals surface area contributed by atoms with Gasteiger partial charge in [-0.25, -0.2) is 0 Å². The van der Waals surface area contributed by atoms with Gasteiger partial charge in [0, 0.05) is 19.1 Å². The number of carbonyl (C=O) groups is 2. The van der Waals surface area contributed by atoms with Crippen molar-refractivity contribution < 1.29 is 9.59 Å². The predicted molar refractivity (Wildman–Crippen MR) is 114 cm³/mol. The van der Waals surface area contributed by atoms with Gasteiger partial charge in [0.2, 0.25) is 11.8 Å². The van der Waals surface area contributed by atoms with Crippen molar-refractivity contribution >= 4 is 24.2 Å². The fourth-order valence-corrected chi connectivity index (χ4v) is 4.44. The number of nitrogens with zero attached hydrogens (tertiary/aromatic N) is 1. The number of likely N-dealkylation sites (tertiary alicyclic amines) is 1. The predicted octanol–water partition coefficient (Wildman–Crippen LogP) is 3.37. The molecule has 0 bridgehead atoms. The van der Waals surface area contributed by atoms with Crippen molar-refractivity contribution in [3.05, 3.63) is 35.9 Å². The van der Waals surface area contributed by atoms with E-state index in [0.717, 1.165) is 50.5 Å². The van der Waals surface area contributed by atoms with Crippen LogP contribution >= 0.6 is 12.4 Å². The van der Waals surface area contributed by atoms with Gasteiger partial charge in [-0.3, -0.25) is 9.59 Å². The highest BCUT2D eigenvalue weighted by Gasteiger charge is 2.37. The molecule has 1 atom stereocenters. The van der Waals surface area contributed by atoms with E-state index < -0.39 is 5.54 Å². The number of amides is 2. The van der Waals surface area contributed by atoms with E-state index >= 15 is 0 Å². The Morgan fingerprint density at radius 1 is 1.14 bits per heavy atom. The van der Waals surface area contributed by atoms with E-state index in [1.165, 1.54) is 6.42 Å². The first-order valence-corrected chi connectivity index (χ1v) is 10.5. The monoisotopic (exact) mass is 407 g/mol. The van der Waals surface area contributed by atoms with Gasteiger partial charge in [-0.05, 0) is 37.7 Å². The van der Waals surface area contributed by atoms with E-state index in [9.17, 15) is 9.59 Å². The van der Waals surface area contributed by atoms with Crippen molar-refractivity contribution in [2.24, 2.45) is 5.73 Å². The maximum Gasteiger partial charge on any atom is 0.240 e. The highest BCUT2D eigenvalue weighted by Crippen LogP contribution is 2.27. The van der Waals surface area contributed by atoms with Gasteiger partial charge < -0.3 is 16.0 Å². The molecule has 1 aliphatic carbocycles. The Hall–Kier alpha value is -1.59. The second-order valence-electron chi connectivity index (χ2n) is 8.16. The largest absolute Gasteiger partial charge is 0.352 e. The summed E-state index contributed by atoms with van der Waals surface area (Å²) in [5.74, 6) is 0.130. The first-order valence-electron chi connectivity index (χ1n) is 10.5. The Bertz CT molecular complexity index is 638. The lowest BCUT2D eigenvalue weighted by Gasteiger charge is -2.37. The van der Waals surface area contributed by atoms with E-state index in [4.69, 9.17) is 5.73 Å². The molecule has 1 aliphatic heterocycles. The van der Waals surface area contributed by atoms with Crippen molar-refractivity contribution in [2.75, 3.05) is 13.1 Å². The summed E-state index contributed by atoms with van der Waals surface area (Å²) in [7, 11) is 0. The standard InChI is InChI=1S/C22H33N3O2.ClH/c1-2-19(17-9-5-3-6-10-17)20(26)25-15-11-18(12-16-25)24-21(27)22(23)13-7-4-8-14-22;/h3,5-6,9-10,18-19H,2,4,7-8,11-16,23H2,1H3,(H,24,27);1H. The van der Waals surface area contributed by atoms with Gasteiger partial charge in [0.15, 0.2) is 0 Å². The van der Waals surface area contributed by atoms with Crippen molar-refractivity contribution in [3.8, 4) is 0 Å². The van der Waals surface area contributed by atoms with E-state index in [1.54, 1.807) is 0 Å². The Kier molecular flexibility index (Phi) is 8.32. The van der Waals surface area contributed by atoms with Crippen molar-refractivity contribution in [1.82, 2.24) is 10.2 Å². The number of carbonyl (C=O) groups excluding carboxylic acids is 2. The van der Waals surface area contributed by atoms with Crippen molar-refractivity contribution in [3.63, 3.8) is 0 Å². The summed E-state index contributed by atoms with van der Waals surface area (Å²) in [6, 6.07) is 10.1. The fourth-order valence-electron chi connectivity index (χ4n) is 4.44. The first-order chi connectivity index (χ1) is 13.0. The molecule has 1 saturated carbocycles. The molecule has 0 aromatic heterocycles. The average molecular weight is 408 g/mol. The second kappa shape index (κ2) is 10.3. The number of hydrogen-bond donors (Lipinski definition) is 2. The Labute approximate surface area is 174 Å². The lowest BCUT2D eigenvalue weighted by Crippen LogP contribution is -2.58. The first kappa shape index (κ1) is 22.7. The van der Waals surface area contributed by atoms with Crippen molar-refractivity contribution in [2.45, 2.75) is 75.8 Å². The molecule has 2 amide bonds. The molecule has 156 valence electrons. The molecule has 0 radical (unpaired) electrons. The van der Waals surface area contributed by atoms with Crippen LogP contribution in [0.2, 0.25) is 0 Å². The van der Waals surface area contributed by atoms with Crippen LogP contribution in [0.25, 0.3) is 0 Å². The number of benzene rings is 1. The zero-order chi connectivity index (χ0) is 19.3. The van der Waals surface area contributed by atoms with Gasteiger partial charge in [0.1, 0.15) is 0 Å². The van der Waals surface area contributed by atoms with Gasteiger partial charge in [0.25, 0.3) is 0 Å². The number of rotatable bonds is 5. The third kappa shape index (κ3) is 5.26. The zero-order valence-electron chi connectivity index (χ0n) is 16.9. The summed E-state index contributed by atoms with van der Waals surface area (Å²) in [5.41, 5.74) is 6.74. The maximum absolute atomic E-state index is 13.0. The molecular weight excluding hydrogens is 374 g/mol. The molecule has 0 spiro atoms. The van der Waals surface area contributed by atoms with Crippen LogP contribution in [0.4, 0.5) is 0 Å². The summed E-state index contributed by atoms with van der Waals surface area (Å²) in [6.07, 6.45) is 7.22. The number of nitrogens with one attached hydrogen (secondary N) is 1. The summed E-state index contributed by atoms with van der Waals surface area (Å²) in [4.78, 5) is 27.6. The molecule has 1 unspecified atom stereocenters. The Balaban J connectivity index is 0.00000280. The quantitative estimate of drug-likeness (QED) is 0.785. The molecule has 2 aliphatic rings. The SMILES string of the molecule is CCC(C(=O)N1CCC(NC(=O)C2(N)CCCCC2)CC1)c1ccccc1.Cl. The molecule has 3 rings (SSSR count). The van der Waals surface area contributed by atoms with Crippen LogP contribution < -0.4 is 11.1 Å². The maximum atomic E-state index is 13.0. The lowest BCUT2D eigenvalue weighted by atomic mass is 9.81. The number of nitrogens with two attached hydrogens (primary N) is 1. The third-order valence-electron chi connectivity index (χ3n) is 6.25. The van der Waals surface area contributed by atoms with Gasteiger partial charge in [0.05, 0.1) is 11.5 Å². The smallest absolute Gasteiger partial charge is 0.240 e. The Morgan fingerprint density at radius 2 is 1.75 bits per heavy atom. The zero-order valence-corrected chi connectivity index (χ0v) is 17.7. The molecule has 6 heteroatoms. The second-order valence-corrected chi connectivity index (χ2v) is 8.16. The molecule has 28 heavy (non-hydrogen) atoms. The van der Waals surface area contributed by atoms with E-state index in [1.807, 2.05) is 35.2 Å². The fraction of sp³-hybridized carbons (Fsp3) is 0.636. The van der Waals surface area contributed by atoms with Crippen LogP contribution in [0.1, 0.15) is 69.8 Å². The van der Waals surface area contributed by atoms with Crippen LogP contribution in [-0.2, 0) is 9.59 Å². The van der Waals surface area contributed by atoms with Crippen LogP contribution in [-0.4, -0.2) is 41.4 Å². The minimum Gasteiger partial charge on any atom is -0.352 e. The highest BCUT2D eigenvalue weighted by molar-refractivity contribution is 5.86. The molecule has 1 aromatic carbocycles. The number of piperidine rings is 1. The van der Waals surface area contributed by atoms with Crippen LogP contribution in [0.5, 0.6) is 0 Å². The molecule has 1 aromatic rings. The number of hydrogen-bond acceptors (Lipinski definition) is 3. The van der Waals surface area contributed by atoms with Gasteiger partial charge in [-0.15, -0.1) is 12.4 Å². The third-order valence-corrected chi connectivity index (χ3v) is 6.25. The highest BCUT2D eigenvalue weighted by atomic mass is 35.5. The molecule has 5 nitrogen and oxygen atoms in total. The van der Waals surface area contributed by atoms with E-state index in [2.05, 4.69) is 12.2 Å². The van der Waals surface area contributed by atoms with Gasteiger partial charge in [-0.1, -0.05) is 56.5 Å². The molecule has 2 fully saturated rings. The van der Waals surface area contributed by atoms with Crippen LogP contribution in [0.15, 0.2) is 30.3 Å². The summed E-state index contributed by atoms with van der Waals surface area (Å²) < 4.78 is 0. The molecule has 3 N–H and O–H groups in total. The van der Waals surface area contributed by atoms with Crippen LogP contribution in [0, 0.1) is 0 Å². The Morgan fingerprint density at radius 3 is 2.32 bits per heavy atom. The molecule has 1 heterocycles. The van der Waals surface area contributed by atoms with Gasteiger partial charge >= 0.3 is 0 Å². The molecular formula is C22H34ClN3O2. The topological polar surface area (TPSA) is 75.4 Å². The molecule has 1 saturated heterocycles. The van der Waals surface area contributed by atoms with Crippen molar-refractivity contribution in [1.29, 1.82) is 0 Å². The normalized spacial score (nSPS) is 20.7. The minimum atomic E-state index is -0.689. The van der Waals surface area contributed by atoms with Gasteiger partial charge in [-0.2, -0.15) is 0 Å². The van der Waals surface area contributed by atoms with Crippen LogP contribution in [0.3, 0.4) is 0 Å². The summed E-state index contributed by atoms with van der Waals surface area (Å²) in [6.45, 7) is 3.46. The summed E-state index contributed by atoms with van der Waals surface area (Å²) in [5, 5.41) is 3.16. The van der Waals surface area contributed by atoms with E-state index in [-0.39, 0.29) is 36.2 Å². The summed E-state index contributed by atoms with van der Waals surface area (Å²) >= 11 is 0. The number of halogens is 1. The lowest BCUT2D eigenvalue weighted by molar-refractivity contribution is -0.134. The van der Waals surface area contributed by atoms with E-state index in [0.29, 0.717) is 13.1 Å². The minimum absolute atomic E-state index is 0. The average Bonchev–Trinajstić information content (AvgIpc) is 2.70.